The highest BCUT2D eigenvalue weighted by molar-refractivity contribution is 5.66. The van der Waals surface area contributed by atoms with E-state index in [2.05, 4.69) is 23.6 Å². The minimum Gasteiger partial charge on any atom is -0.462 e. The summed E-state index contributed by atoms with van der Waals surface area (Å²) >= 11 is 0. The molecule has 0 amide bonds. The number of ether oxygens (including phenoxy) is 2. The Hall–Kier alpha value is -0.690. The number of carbonyl (C=O) groups excluding carboxylic acids is 1. The molecular formula is C29H48N2O4. The third-order valence-corrected chi connectivity index (χ3v) is 12.1. The van der Waals surface area contributed by atoms with E-state index in [4.69, 9.17) is 9.47 Å². The maximum absolute atomic E-state index is 11.9. The molecule has 4 aliphatic carbocycles. The van der Waals surface area contributed by atoms with Crippen molar-refractivity contribution in [3.8, 4) is 0 Å². The van der Waals surface area contributed by atoms with Crippen LogP contribution in [0.15, 0.2) is 0 Å². The highest BCUT2D eigenvalue weighted by Crippen LogP contribution is 2.67. The van der Waals surface area contributed by atoms with Crippen LogP contribution in [0.4, 0.5) is 0 Å². The minimum atomic E-state index is -0.234. The Balaban J connectivity index is 1.34. The van der Waals surface area contributed by atoms with Gasteiger partial charge in [0.2, 0.25) is 0 Å². The van der Waals surface area contributed by atoms with Crippen molar-refractivity contribution < 1.29 is 19.4 Å². The lowest BCUT2D eigenvalue weighted by atomic mass is 9.43. The van der Waals surface area contributed by atoms with Gasteiger partial charge >= 0.3 is 5.97 Å². The maximum atomic E-state index is 11.9. The van der Waals surface area contributed by atoms with E-state index in [1.54, 1.807) is 6.92 Å². The number of nitrogens with zero attached hydrogens (tertiary/aromatic N) is 2. The van der Waals surface area contributed by atoms with Gasteiger partial charge in [0.15, 0.2) is 0 Å². The van der Waals surface area contributed by atoms with E-state index in [1.807, 2.05) is 0 Å². The monoisotopic (exact) mass is 488 g/mol. The summed E-state index contributed by atoms with van der Waals surface area (Å²) in [6.45, 7) is 12.6. The quantitative estimate of drug-likeness (QED) is 0.611. The summed E-state index contributed by atoms with van der Waals surface area (Å²) in [5.41, 5.74) is 0.368. The molecule has 0 aromatic rings. The number of aliphatic hydroxyl groups excluding tert-OH is 1. The predicted molar refractivity (Wildman–Crippen MR) is 135 cm³/mol. The summed E-state index contributed by atoms with van der Waals surface area (Å²) < 4.78 is 11.6. The fourth-order valence-electron chi connectivity index (χ4n) is 10.7. The molecule has 0 aromatic heterocycles. The molecule has 0 aromatic carbocycles. The van der Waals surface area contributed by atoms with Gasteiger partial charge in [0.05, 0.1) is 19.3 Å². The van der Waals surface area contributed by atoms with Gasteiger partial charge in [-0.2, -0.15) is 0 Å². The van der Waals surface area contributed by atoms with Crippen molar-refractivity contribution in [2.45, 2.75) is 103 Å². The molecule has 0 radical (unpaired) electrons. The normalized spacial score (nSPS) is 50.9. The fraction of sp³-hybridized carbons (Fsp3) is 0.966. The Morgan fingerprint density at radius 2 is 1.63 bits per heavy atom. The first-order valence-electron chi connectivity index (χ1n) is 14.7. The van der Waals surface area contributed by atoms with Gasteiger partial charge in [0.25, 0.3) is 0 Å². The van der Waals surface area contributed by atoms with Crippen LogP contribution in [0.3, 0.4) is 0 Å². The standard InChI is InChI=1S/C29H48N2O4/c1-19(32)35-26-9-8-21-20-6-7-23-27(31-14-16-34-17-15-31)24(33)18-25(30-12-4-5-13-30)29(23,3)22(20)10-11-28(21,26)2/h20-27,33H,4-18H2,1-3H3/t20-,21-,22+,23?,24?,25?,26?,27?,28-,29+/m0/s1. The van der Waals surface area contributed by atoms with Gasteiger partial charge < -0.3 is 14.6 Å². The third kappa shape index (κ3) is 3.83. The topological polar surface area (TPSA) is 62.2 Å². The van der Waals surface area contributed by atoms with Gasteiger partial charge in [0.1, 0.15) is 6.10 Å². The third-order valence-electron chi connectivity index (χ3n) is 12.1. The van der Waals surface area contributed by atoms with Crippen LogP contribution in [-0.2, 0) is 14.3 Å². The second kappa shape index (κ2) is 9.25. The Morgan fingerprint density at radius 3 is 2.34 bits per heavy atom. The second-order valence-corrected chi connectivity index (χ2v) is 13.3. The summed E-state index contributed by atoms with van der Waals surface area (Å²) in [5.74, 6) is 2.53. The zero-order chi connectivity index (χ0) is 24.4. The van der Waals surface area contributed by atoms with Crippen LogP contribution < -0.4 is 0 Å². The SMILES string of the molecule is CC(=O)OC1CC[C@H]2[C@@H]3CCC4C(N5CCOCC5)C(O)CC(N5CCCC5)[C@]4(C)[C@@H]3CC[C@]12C. The van der Waals surface area contributed by atoms with Crippen LogP contribution in [0.1, 0.15) is 78.6 Å². The summed E-state index contributed by atoms with van der Waals surface area (Å²) in [6, 6.07) is 0.763. The lowest BCUT2D eigenvalue weighted by Gasteiger charge is -2.67. The minimum absolute atomic E-state index is 0.0973. The molecule has 6 fully saturated rings. The van der Waals surface area contributed by atoms with E-state index in [0.717, 1.165) is 45.1 Å². The summed E-state index contributed by atoms with van der Waals surface area (Å²) in [5, 5.41) is 11.7. The lowest BCUT2D eigenvalue weighted by molar-refractivity contribution is -0.199. The van der Waals surface area contributed by atoms with Crippen LogP contribution in [-0.4, -0.2) is 84.6 Å². The van der Waals surface area contributed by atoms with Gasteiger partial charge in [-0.3, -0.25) is 14.6 Å². The van der Waals surface area contributed by atoms with Crippen molar-refractivity contribution in [1.29, 1.82) is 0 Å². The van der Waals surface area contributed by atoms with Crippen molar-refractivity contribution in [2.24, 2.45) is 34.5 Å². The van der Waals surface area contributed by atoms with E-state index >= 15 is 0 Å². The Kier molecular flexibility index (Phi) is 6.51. The van der Waals surface area contributed by atoms with Gasteiger partial charge in [-0.1, -0.05) is 13.8 Å². The molecule has 0 spiro atoms. The number of hydrogen-bond donors (Lipinski definition) is 1. The average molecular weight is 489 g/mol. The van der Waals surface area contributed by atoms with Crippen LogP contribution in [0.2, 0.25) is 0 Å². The zero-order valence-electron chi connectivity index (χ0n) is 22.3. The predicted octanol–water partition coefficient (Wildman–Crippen LogP) is 3.71. The molecule has 1 N–H and O–H groups in total. The number of carbonyl (C=O) groups is 1. The number of fused-ring (bicyclic) bond motifs is 5. The summed E-state index contributed by atoms with van der Waals surface area (Å²) in [4.78, 5) is 17.3. The molecule has 6 aliphatic rings. The second-order valence-electron chi connectivity index (χ2n) is 13.3. The van der Waals surface area contributed by atoms with Gasteiger partial charge in [-0.25, -0.2) is 0 Å². The molecule has 6 heteroatoms. The zero-order valence-corrected chi connectivity index (χ0v) is 22.3. The number of aliphatic hydroxyl groups is 1. The first-order chi connectivity index (χ1) is 16.8. The molecule has 6 nitrogen and oxygen atoms in total. The van der Waals surface area contributed by atoms with E-state index in [-0.39, 0.29) is 35.0 Å². The molecule has 5 unspecified atom stereocenters. The molecule has 2 aliphatic heterocycles. The molecule has 35 heavy (non-hydrogen) atoms. The number of hydrogen-bond acceptors (Lipinski definition) is 6. The molecular weight excluding hydrogens is 440 g/mol. The van der Waals surface area contributed by atoms with Crippen molar-refractivity contribution in [3.63, 3.8) is 0 Å². The summed E-state index contributed by atoms with van der Waals surface area (Å²) in [6.07, 6.45) is 10.6. The number of rotatable bonds is 3. The largest absolute Gasteiger partial charge is 0.462 e. The molecule has 10 atom stereocenters. The van der Waals surface area contributed by atoms with Crippen molar-refractivity contribution in [1.82, 2.24) is 9.80 Å². The molecule has 6 rings (SSSR count). The number of morpholine rings is 1. The Bertz CT molecular complexity index is 796. The molecule has 2 heterocycles. The van der Waals surface area contributed by atoms with E-state index in [9.17, 15) is 9.90 Å². The van der Waals surface area contributed by atoms with E-state index in [1.165, 1.54) is 58.0 Å². The van der Waals surface area contributed by atoms with Crippen LogP contribution in [0, 0.1) is 34.5 Å². The number of esters is 1. The molecule has 4 saturated carbocycles. The number of likely N-dealkylation sites (tertiary alicyclic amines) is 1. The molecule has 198 valence electrons. The Labute approximate surface area is 212 Å². The van der Waals surface area contributed by atoms with Crippen LogP contribution in [0.5, 0.6) is 0 Å². The first kappa shape index (κ1) is 24.6. The highest BCUT2D eigenvalue weighted by Gasteiger charge is 2.66. The van der Waals surface area contributed by atoms with Gasteiger partial charge in [-0.05, 0) is 100.0 Å². The molecule has 2 saturated heterocycles. The smallest absolute Gasteiger partial charge is 0.302 e. The average Bonchev–Trinajstić information content (AvgIpc) is 3.48. The highest BCUT2D eigenvalue weighted by atomic mass is 16.5. The first-order valence-corrected chi connectivity index (χ1v) is 14.7. The molecule has 0 bridgehead atoms. The van der Waals surface area contributed by atoms with Gasteiger partial charge in [0, 0.05) is 37.5 Å². The van der Waals surface area contributed by atoms with E-state index < -0.39 is 0 Å². The fourth-order valence-corrected chi connectivity index (χ4v) is 10.7. The van der Waals surface area contributed by atoms with Crippen LogP contribution >= 0.6 is 0 Å². The van der Waals surface area contributed by atoms with E-state index in [0.29, 0.717) is 23.8 Å². The summed E-state index contributed by atoms with van der Waals surface area (Å²) in [7, 11) is 0. The van der Waals surface area contributed by atoms with Crippen molar-refractivity contribution in [3.05, 3.63) is 0 Å². The van der Waals surface area contributed by atoms with Crippen LogP contribution in [0.25, 0.3) is 0 Å². The maximum Gasteiger partial charge on any atom is 0.302 e. The van der Waals surface area contributed by atoms with Gasteiger partial charge in [-0.15, -0.1) is 0 Å². The van der Waals surface area contributed by atoms with Crippen molar-refractivity contribution >= 4 is 5.97 Å². The Morgan fingerprint density at radius 1 is 0.914 bits per heavy atom. The van der Waals surface area contributed by atoms with Crippen molar-refractivity contribution in [2.75, 3.05) is 39.4 Å². The lowest BCUT2D eigenvalue weighted by Crippen LogP contribution is -2.70.